The van der Waals surface area contributed by atoms with Crippen LogP contribution in [0.25, 0.3) is 0 Å². The number of ether oxygens (including phenoxy) is 1. The number of benzene rings is 2. The minimum atomic E-state index is -3.37. The third-order valence-corrected chi connectivity index (χ3v) is 6.22. The van der Waals surface area contributed by atoms with Gasteiger partial charge in [-0.15, -0.1) is 12.4 Å². The molecule has 3 rings (SSSR count). The van der Waals surface area contributed by atoms with Gasteiger partial charge in [-0.25, -0.2) is 8.42 Å². The zero-order valence-electron chi connectivity index (χ0n) is 16.7. The molecule has 0 radical (unpaired) electrons. The Bertz CT molecular complexity index is 948. The first-order valence-electron chi connectivity index (χ1n) is 9.19. The number of nitrogens with one attached hydrogen (secondary N) is 2. The van der Waals surface area contributed by atoms with Gasteiger partial charge in [-0.05, 0) is 48.9 Å². The Kier molecular flexibility index (Phi) is 8.05. The van der Waals surface area contributed by atoms with Crippen LogP contribution >= 0.6 is 24.0 Å². The quantitative estimate of drug-likeness (QED) is 0.684. The molecule has 1 aliphatic rings. The monoisotopic (exact) mass is 459 g/mol. The van der Waals surface area contributed by atoms with Crippen molar-refractivity contribution in [2.45, 2.75) is 17.9 Å². The number of anilines is 2. The average molecular weight is 460 g/mol. The minimum absolute atomic E-state index is 0. The first kappa shape index (κ1) is 23.6. The molecule has 1 saturated heterocycles. The van der Waals surface area contributed by atoms with Crippen molar-refractivity contribution in [1.82, 2.24) is 5.32 Å². The summed E-state index contributed by atoms with van der Waals surface area (Å²) in [5.41, 5.74) is 2.51. The summed E-state index contributed by atoms with van der Waals surface area (Å²) < 4.78 is 29.9. The van der Waals surface area contributed by atoms with Gasteiger partial charge in [0.05, 0.1) is 17.7 Å². The van der Waals surface area contributed by atoms with Crippen LogP contribution in [-0.4, -0.2) is 48.0 Å². The van der Waals surface area contributed by atoms with E-state index < -0.39 is 9.84 Å². The second-order valence-corrected chi connectivity index (χ2v) is 9.40. The standard InChI is InChI=1S/C20H26ClN3O3S.ClH/c1-14(15-10-16(21)12-18(11-15)27-2)23-19-13-17(24-8-6-22-7-9-24)4-5-20(19)28(3,25)26;/h4-5,10-14,22-23H,6-9H2,1-3H3;1H. The molecule has 1 heterocycles. The molecule has 0 amide bonds. The normalized spacial score (nSPS) is 15.4. The lowest BCUT2D eigenvalue weighted by Crippen LogP contribution is -2.43. The molecule has 160 valence electrons. The Hall–Kier alpha value is -1.67. The molecule has 2 aromatic rings. The average Bonchev–Trinajstić information content (AvgIpc) is 2.67. The van der Waals surface area contributed by atoms with Gasteiger partial charge in [-0.2, -0.15) is 0 Å². The lowest BCUT2D eigenvalue weighted by molar-refractivity contribution is 0.414. The van der Waals surface area contributed by atoms with Gasteiger partial charge in [0.25, 0.3) is 0 Å². The summed E-state index contributed by atoms with van der Waals surface area (Å²) in [6.07, 6.45) is 1.23. The van der Waals surface area contributed by atoms with E-state index in [2.05, 4.69) is 15.5 Å². The number of rotatable bonds is 6. The highest BCUT2D eigenvalue weighted by Gasteiger charge is 2.19. The summed E-state index contributed by atoms with van der Waals surface area (Å²) in [5.74, 6) is 0.661. The van der Waals surface area contributed by atoms with E-state index in [9.17, 15) is 8.42 Å². The molecule has 0 spiro atoms. The third kappa shape index (κ3) is 5.92. The minimum Gasteiger partial charge on any atom is -0.497 e. The smallest absolute Gasteiger partial charge is 0.177 e. The molecule has 29 heavy (non-hydrogen) atoms. The largest absolute Gasteiger partial charge is 0.497 e. The molecule has 0 bridgehead atoms. The van der Waals surface area contributed by atoms with Gasteiger partial charge < -0.3 is 20.3 Å². The van der Waals surface area contributed by atoms with Crippen molar-refractivity contribution in [2.24, 2.45) is 0 Å². The highest BCUT2D eigenvalue weighted by Crippen LogP contribution is 2.32. The third-order valence-electron chi connectivity index (χ3n) is 4.85. The van der Waals surface area contributed by atoms with E-state index >= 15 is 0 Å². The van der Waals surface area contributed by atoms with Crippen LogP contribution in [0.2, 0.25) is 5.02 Å². The number of piperazine rings is 1. The zero-order valence-corrected chi connectivity index (χ0v) is 19.1. The molecule has 2 aromatic carbocycles. The first-order valence-corrected chi connectivity index (χ1v) is 11.5. The van der Waals surface area contributed by atoms with Crippen molar-refractivity contribution in [3.05, 3.63) is 47.0 Å². The van der Waals surface area contributed by atoms with E-state index in [1.54, 1.807) is 19.2 Å². The van der Waals surface area contributed by atoms with Gasteiger partial charge >= 0.3 is 0 Å². The topological polar surface area (TPSA) is 70.7 Å². The van der Waals surface area contributed by atoms with Crippen LogP contribution < -0.4 is 20.3 Å². The Morgan fingerprint density at radius 1 is 1.17 bits per heavy atom. The van der Waals surface area contributed by atoms with Crippen LogP contribution in [0.15, 0.2) is 41.3 Å². The fraction of sp³-hybridized carbons (Fsp3) is 0.400. The second-order valence-electron chi connectivity index (χ2n) is 6.98. The second kappa shape index (κ2) is 9.89. The molecule has 0 aromatic heterocycles. The molecule has 1 aliphatic heterocycles. The van der Waals surface area contributed by atoms with E-state index in [1.807, 2.05) is 31.2 Å². The van der Waals surface area contributed by atoms with Crippen molar-refractivity contribution in [2.75, 3.05) is 49.8 Å². The fourth-order valence-electron chi connectivity index (χ4n) is 3.34. The molecule has 1 atom stereocenters. The van der Waals surface area contributed by atoms with Crippen LogP contribution in [0.3, 0.4) is 0 Å². The van der Waals surface area contributed by atoms with E-state index in [0.717, 1.165) is 37.4 Å². The van der Waals surface area contributed by atoms with Crippen molar-refractivity contribution < 1.29 is 13.2 Å². The van der Waals surface area contributed by atoms with Gasteiger partial charge in [0.2, 0.25) is 0 Å². The summed E-state index contributed by atoms with van der Waals surface area (Å²) in [7, 11) is -1.78. The lowest BCUT2D eigenvalue weighted by Gasteiger charge is -2.30. The Labute approximate surface area is 183 Å². The highest BCUT2D eigenvalue weighted by molar-refractivity contribution is 7.90. The Balaban J connectivity index is 0.00000300. The maximum Gasteiger partial charge on any atom is 0.177 e. The summed E-state index contributed by atoms with van der Waals surface area (Å²) >= 11 is 6.19. The van der Waals surface area contributed by atoms with Crippen LogP contribution in [0.1, 0.15) is 18.5 Å². The van der Waals surface area contributed by atoms with Crippen molar-refractivity contribution in [1.29, 1.82) is 0 Å². The van der Waals surface area contributed by atoms with E-state index in [0.29, 0.717) is 16.5 Å². The van der Waals surface area contributed by atoms with Crippen LogP contribution in [0, 0.1) is 0 Å². The van der Waals surface area contributed by atoms with Crippen LogP contribution in [-0.2, 0) is 9.84 Å². The number of halogens is 2. The molecule has 2 N–H and O–H groups in total. The van der Waals surface area contributed by atoms with Crippen molar-refractivity contribution in [3.8, 4) is 5.75 Å². The molecule has 0 aliphatic carbocycles. The molecule has 0 saturated carbocycles. The zero-order chi connectivity index (χ0) is 20.3. The molecule has 1 fully saturated rings. The molecule has 9 heteroatoms. The van der Waals surface area contributed by atoms with Crippen molar-refractivity contribution >= 4 is 45.2 Å². The van der Waals surface area contributed by atoms with Gasteiger partial charge in [0.1, 0.15) is 5.75 Å². The predicted molar refractivity (Wildman–Crippen MR) is 122 cm³/mol. The van der Waals surface area contributed by atoms with Crippen molar-refractivity contribution in [3.63, 3.8) is 0 Å². The number of nitrogens with zero attached hydrogens (tertiary/aromatic N) is 1. The van der Waals surface area contributed by atoms with Gasteiger partial charge in [-0.1, -0.05) is 11.6 Å². The molecular weight excluding hydrogens is 433 g/mol. The number of hydrogen-bond acceptors (Lipinski definition) is 6. The summed E-state index contributed by atoms with van der Waals surface area (Å²) in [6, 6.07) is 10.8. The maximum absolute atomic E-state index is 12.3. The predicted octanol–water partition coefficient (Wildman–Crippen LogP) is 3.76. The van der Waals surface area contributed by atoms with Crippen LogP contribution in [0.5, 0.6) is 5.75 Å². The van der Waals surface area contributed by atoms with E-state index in [4.69, 9.17) is 16.3 Å². The SMILES string of the molecule is COc1cc(Cl)cc(C(C)Nc2cc(N3CCNCC3)ccc2S(C)(=O)=O)c1.Cl. The van der Waals surface area contributed by atoms with Gasteiger partial charge in [-0.3, -0.25) is 0 Å². The maximum atomic E-state index is 12.3. The highest BCUT2D eigenvalue weighted by atomic mass is 35.5. The van der Waals surface area contributed by atoms with Gasteiger partial charge in [0.15, 0.2) is 9.84 Å². The number of sulfone groups is 1. The summed E-state index contributed by atoms with van der Waals surface area (Å²) in [5, 5.41) is 7.25. The van der Waals surface area contributed by atoms with Crippen LogP contribution in [0.4, 0.5) is 11.4 Å². The first-order chi connectivity index (χ1) is 13.3. The summed E-state index contributed by atoms with van der Waals surface area (Å²) in [6.45, 7) is 5.57. The molecule has 1 unspecified atom stereocenters. The van der Waals surface area contributed by atoms with Gasteiger partial charge in [0, 0.05) is 49.2 Å². The lowest BCUT2D eigenvalue weighted by atomic mass is 10.1. The Morgan fingerprint density at radius 2 is 1.86 bits per heavy atom. The molecule has 6 nitrogen and oxygen atoms in total. The summed E-state index contributed by atoms with van der Waals surface area (Å²) in [4.78, 5) is 2.54. The fourth-order valence-corrected chi connectivity index (χ4v) is 4.41. The molecular formula is C20H27Cl2N3O3S. The van der Waals surface area contributed by atoms with E-state index in [1.165, 1.54) is 6.26 Å². The Morgan fingerprint density at radius 3 is 2.48 bits per heavy atom. The number of methoxy groups -OCH3 is 1. The van der Waals surface area contributed by atoms with E-state index in [-0.39, 0.29) is 23.3 Å². The number of hydrogen-bond donors (Lipinski definition) is 2.